The van der Waals surface area contributed by atoms with E-state index >= 15 is 0 Å². The summed E-state index contributed by atoms with van der Waals surface area (Å²) in [6.07, 6.45) is 1.55. The SMILES string of the molecule is C=Cc1c(C(=O)NCc2ccc(-c3ccccc3)cc2)oc(C)cc1=S. The van der Waals surface area contributed by atoms with Crippen LogP contribution in [-0.4, -0.2) is 5.91 Å². The molecule has 0 fully saturated rings. The zero-order valence-electron chi connectivity index (χ0n) is 14.5. The van der Waals surface area contributed by atoms with Crippen molar-refractivity contribution < 1.29 is 9.21 Å². The van der Waals surface area contributed by atoms with Crippen LogP contribution in [0.5, 0.6) is 0 Å². The van der Waals surface area contributed by atoms with Crippen LogP contribution in [0.15, 0.2) is 71.7 Å². The molecule has 4 heteroatoms. The number of rotatable bonds is 5. The molecule has 3 nitrogen and oxygen atoms in total. The molecule has 130 valence electrons. The second-order valence-electron chi connectivity index (χ2n) is 5.91. The van der Waals surface area contributed by atoms with Crippen molar-refractivity contribution in [3.8, 4) is 11.1 Å². The minimum atomic E-state index is -0.304. The third-order valence-corrected chi connectivity index (χ3v) is 4.37. The van der Waals surface area contributed by atoms with Gasteiger partial charge >= 0.3 is 0 Å². The standard InChI is InChI=1S/C22H19NO2S/c1-3-19-20(26)13-15(2)25-21(19)22(24)23-14-16-9-11-18(12-10-16)17-7-5-4-6-8-17/h3-13H,1,14H2,2H3,(H,23,24). The Bertz CT molecular complexity index is 989. The maximum Gasteiger partial charge on any atom is 0.287 e. The third-order valence-electron chi connectivity index (χ3n) is 4.03. The van der Waals surface area contributed by atoms with Crippen molar-refractivity contribution in [1.82, 2.24) is 5.32 Å². The Hall–Kier alpha value is -2.98. The Balaban J connectivity index is 1.72. The molecule has 0 aliphatic heterocycles. The van der Waals surface area contributed by atoms with Crippen molar-refractivity contribution in [3.63, 3.8) is 0 Å². The highest BCUT2D eigenvalue weighted by atomic mass is 32.1. The van der Waals surface area contributed by atoms with Gasteiger partial charge in [-0.1, -0.05) is 79.5 Å². The minimum Gasteiger partial charge on any atom is -0.455 e. The molecule has 0 atom stereocenters. The van der Waals surface area contributed by atoms with Gasteiger partial charge in [0.2, 0.25) is 0 Å². The Morgan fingerprint density at radius 3 is 2.42 bits per heavy atom. The van der Waals surface area contributed by atoms with Crippen LogP contribution in [0.25, 0.3) is 17.2 Å². The third kappa shape index (κ3) is 3.98. The normalized spacial score (nSPS) is 10.3. The lowest BCUT2D eigenvalue weighted by atomic mass is 10.0. The van der Waals surface area contributed by atoms with Gasteiger partial charge in [-0.2, -0.15) is 0 Å². The summed E-state index contributed by atoms with van der Waals surface area (Å²) >= 11 is 5.27. The van der Waals surface area contributed by atoms with E-state index < -0.39 is 0 Å². The zero-order chi connectivity index (χ0) is 18.5. The molecule has 1 amide bonds. The van der Waals surface area contributed by atoms with Crippen molar-refractivity contribution in [3.05, 3.63) is 94.4 Å². The quantitative estimate of drug-likeness (QED) is 0.605. The van der Waals surface area contributed by atoms with Gasteiger partial charge in [-0.05, 0) is 29.7 Å². The smallest absolute Gasteiger partial charge is 0.287 e. The Morgan fingerprint density at radius 2 is 1.77 bits per heavy atom. The highest BCUT2D eigenvalue weighted by molar-refractivity contribution is 7.71. The first-order valence-electron chi connectivity index (χ1n) is 8.28. The van der Waals surface area contributed by atoms with E-state index in [0.29, 0.717) is 22.4 Å². The van der Waals surface area contributed by atoms with Crippen LogP contribution in [-0.2, 0) is 6.54 Å². The maximum atomic E-state index is 12.5. The van der Waals surface area contributed by atoms with E-state index in [9.17, 15) is 4.79 Å². The van der Waals surface area contributed by atoms with Crippen LogP contribution in [0, 0.1) is 11.4 Å². The van der Waals surface area contributed by atoms with E-state index in [4.69, 9.17) is 16.6 Å². The maximum absolute atomic E-state index is 12.5. The highest BCUT2D eigenvalue weighted by Crippen LogP contribution is 2.19. The molecule has 0 bridgehead atoms. The van der Waals surface area contributed by atoms with Crippen LogP contribution in [0.1, 0.15) is 27.4 Å². The predicted molar refractivity (Wildman–Crippen MR) is 107 cm³/mol. The average molecular weight is 361 g/mol. The van der Waals surface area contributed by atoms with Gasteiger partial charge in [0.1, 0.15) is 5.76 Å². The summed E-state index contributed by atoms with van der Waals surface area (Å²) < 4.78 is 6.11. The van der Waals surface area contributed by atoms with Crippen molar-refractivity contribution in [1.29, 1.82) is 0 Å². The first-order chi connectivity index (χ1) is 12.6. The molecule has 0 saturated heterocycles. The molecule has 0 aliphatic rings. The first kappa shape index (κ1) is 17.8. The highest BCUT2D eigenvalue weighted by Gasteiger charge is 2.14. The van der Waals surface area contributed by atoms with E-state index in [1.165, 1.54) is 0 Å². The van der Waals surface area contributed by atoms with Crippen molar-refractivity contribution in [2.75, 3.05) is 0 Å². The second-order valence-corrected chi connectivity index (χ2v) is 6.35. The van der Waals surface area contributed by atoms with Gasteiger partial charge in [0.05, 0.1) is 4.51 Å². The second kappa shape index (κ2) is 7.93. The number of hydrogen-bond acceptors (Lipinski definition) is 3. The molecule has 2 aromatic carbocycles. The van der Waals surface area contributed by atoms with Crippen LogP contribution >= 0.6 is 12.2 Å². The fourth-order valence-corrected chi connectivity index (χ4v) is 3.03. The zero-order valence-corrected chi connectivity index (χ0v) is 15.3. The lowest BCUT2D eigenvalue weighted by molar-refractivity contribution is 0.0919. The van der Waals surface area contributed by atoms with Crippen molar-refractivity contribution in [2.45, 2.75) is 13.5 Å². The summed E-state index contributed by atoms with van der Waals surface area (Å²) in [5, 5.41) is 2.88. The van der Waals surface area contributed by atoms with Crippen LogP contribution in [0.3, 0.4) is 0 Å². The van der Waals surface area contributed by atoms with Gasteiger partial charge in [0.25, 0.3) is 5.91 Å². The van der Waals surface area contributed by atoms with Gasteiger partial charge < -0.3 is 9.73 Å². The summed E-state index contributed by atoms with van der Waals surface area (Å²) in [5.74, 6) is 0.491. The number of hydrogen-bond donors (Lipinski definition) is 1. The molecule has 0 saturated carbocycles. The minimum absolute atomic E-state index is 0.200. The summed E-state index contributed by atoms with van der Waals surface area (Å²) in [4.78, 5) is 12.5. The lowest BCUT2D eigenvalue weighted by Gasteiger charge is -2.09. The van der Waals surface area contributed by atoms with E-state index in [0.717, 1.165) is 16.7 Å². The van der Waals surface area contributed by atoms with Crippen LogP contribution in [0.2, 0.25) is 0 Å². The predicted octanol–water partition coefficient (Wildman–Crippen LogP) is 5.56. The molecule has 0 unspecified atom stereocenters. The molecular weight excluding hydrogens is 342 g/mol. The molecule has 0 spiro atoms. The number of carbonyl (C=O) groups excluding carboxylic acids is 1. The number of amides is 1. The molecule has 26 heavy (non-hydrogen) atoms. The van der Waals surface area contributed by atoms with Crippen molar-refractivity contribution >= 4 is 24.2 Å². The summed E-state index contributed by atoms with van der Waals surface area (Å²) in [6.45, 7) is 5.88. The van der Waals surface area contributed by atoms with E-state index in [1.54, 1.807) is 19.1 Å². The average Bonchev–Trinajstić information content (AvgIpc) is 2.66. The fourth-order valence-electron chi connectivity index (χ4n) is 2.69. The Morgan fingerprint density at radius 1 is 1.12 bits per heavy atom. The first-order valence-corrected chi connectivity index (χ1v) is 8.69. The summed E-state index contributed by atoms with van der Waals surface area (Å²) in [5.41, 5.74) is 3.85. The van der Waals surface area contributed by atoms with Gasteiger partial charge in [-0.25, -0.2) is 0 Å². The van der Waals surface area contributed by atoms with Gasteiger partial charge in [-0.15, -0.1) is 0 Å². The lowest BCUT2D eigenvalue weighted by Crippen LogP contribution is -2.23. The van der Waals surface area contributed by atoms with E-state index in [2.05, 4.69) is 24.0 Å². The fraction of sp³-hybridized carbons (Fsp3) is 0.0909. The van der Waals surface area contributed by atoms with E-state index in [1.807, 2.05) is 42.5 Å². The molecule has 1 aromatic heterocycles. The topological polar surface area (TPSA) is 42.2 Å². The number of nitrogens with one attached hydrogen (secondary N) is 1. The van der Waals surface area contributed by atoms with Crippen molar-refractivity contribution in [2.24, 2.45) is 0 Å². The number of carbonyl (C=O) groups is 1. The Kier molecular flexibility index (Phi) is 5.44. The number of benzene rings is 2. The molecule has 0 radical (unpaired) electrons. The van der Waals surface area contributed by atoms with Gasteiger partial charge in [0.15, 0.2) is 5.76 Å². The summed E-state index contributed by atoms with van der Waals surface area (Å²) in [7, 11) is 0. The van der Waals surface area contributed by atoms with E-state index in [-0.39, 0.29) is 11.7 Å². The number of aryl methyl sites for hydroxylation is 1. The molecule has 3 rings (SSSR count). The molecule has 3 aromatic rings. The van der Waals surface area contributed by atoms with Crippen LogP contribution in [0.4, 0.5) is 0 Å². The Labute approximate surface area is 158 Å². The monoisotopic (exact) mass is 361 g/mol. The largest absolute Gasteiger partial charge is 0.455 e. The van der Waals surface area contributed by atoms with Crippen LogP contribution < -0.4 is 5.32 Å². The molecule has 1 N–H and O–H groups in total. The molecular formula is C22H19NO2S. The van der Waals surface area contributed by atoms with Gasteiger partial charge in [0, 0.05) is 12.1 Å². The van der Waals surface area contributed by atoms with Gasteiger partial charge in [-0.3, -0.25) is 4.79 Å². The molecule has 0 aliphatic carbocycles. The summed E-state index contributed by atoms with van der Waals surface area (Å²) in [6, 6.07) is 20.0. The molecule has 1 heterocycles.